The number of non-ortho nitro benzene ring substituents is 1. The number of hydrogen-bond donors (Lipinski definition) is 1. The maximum absolute atomic E-state index is 12.5. The minimum Gasteiger partial charge on any atom is -0.493 e. The van der Waals surface area contributed by atoms with Gasteiger partial charge in [0, 0.05) is 30.8 Å². The molecule has 0 spiro atoms. The fourth-order valence-electron chi connectivity index (χ4n) is 2.94. The van der Waals surface area contributed by atoms with Gasteiger partial charge in [0.15, 0.2) is 17.1 Å². The quantitative estimate of drug-likeness (QED) is 0.401. The monoisotopic (exact) mass is 437 g/mol. The molecular weight excluding hydrogens is 420 g/mol. The van der Waals surface area contributed by atoms with Crippen molar-refractivity contribution < 1.29 is 32.4 Å². The average Bonchev–Trinajstić information content (AvgIpc) is 3.02. The number of nitro groups is 1. The lowest BCUT2D eigenvalue weighted by Gasteiger charge is -2.12. The van der Waals surface area contributed by atoms with Crippen LogP contribution < -0.4 is 20.5 Å². The van der Waals surface area contributed by atoms with E-state index in [1.54, 1.807) is 0 Å². The number of halogens is 2. The number of carbonyl (C=O) groups is 1. The van der Waals surface area contributed by atoms with Crippen molar-refractivity contribution in [2.45, 2.75) is 26.0 Å². The minimum absolute atomic E-state index is 0.0170. The van der Waals surface area contributed by atoms with Gasteiger partial charge in [0.1, 0.15) is 0 Å². The Balaban J connectivity index is 1.62. The van der Waals surface area contributed by atoms with Crippen LogP contribution in [0, 0.1) is 10.1 Å². The Bertz CT molecular complexity index is 1170. The molecule has 10 nitrogen and oxygen atoms in total. The second-order valence-electron chi connectivity index (χ2n) is 6.32. The summed E-state index contributed by atoms with van der Waals surface area (Å²) >= 11 is 0. The molecule has 1 heterocycles. The fourth-order valence-corrected chi connectivity index (χ4v) is 2.94. The average molecular weight is 437 g/mol. The number of alkyl halides is 2. The molecule has 3 rings (SSSR count). The van der Waals surface area contributed by atoms with Gasteiger partial charge in [0.2, 0.25) is 5.91 Å². The van der Waals surface area contributed by atoms with Gasteiger partial charge < -0.3 is 19.2 Å². The summed E-state index contributed by atoms with van der Waals surface area (Å²) in [5.41, 5.74) is 0.482. The number of anilines is 1. The van der Waals surface area contributed by atoms with Gasteiger partial charge >= 0.3 is 12.4 Å². The van der Waals surface area contributed by atoms with Crippen LogP contribution in [0.1, 0.15) is 12.8 Å². The SMILES string of the molecule is COc1ccc(NC(=O)CCCn2c(=O)oc3cc([N+](=O)[O-])ccc32)cc1OC(F)F. The van der Waals surface area contributed by atoms with Gasteiger partial charge in [-0.1, -0.05) is 0 Å². The number of rotatable bonds is 9. The Morgan fingerprint density at radius 2 is 2.03 bits per heavy atom. The number of ether oxygens (including phenoxy) is 2. The highest BCUT2D eigenvalue weighted by molar-refractivity contribution is 5.91. The van der Waals surface area contributed by atoms with E-state index in [1.807, 2.05) is 0 Å². The van der Waals surface area contributed by atoms with E-state index in [0.717, 1.165) is 6.07 Å². The molecular formula is C19H17F2N3O7. The van der Waals surface area contributed by atoms with E-state index in [4.69, 9.17) is 9.15 Å². The van der Waals surface area contributed by atoms with Crippen LogP contribution >= 0.6 is 0 Å². The maximum atomic E-state index is 12.5. The van der Waals surface area contributed by atoms with E-state index >= 15 is 0 Å². The first-order valence-electron chi connectivity index (χ1n) is 8.99. The van der Waals surface area contributed by atoms with Crippen molar-refractivity contribution in [3.8, 4) is 11.5 Å². The van der Waals surface area contributed by atoms with Crippen molar-refractivity contribution in [1.82, 2.24) is 4.57 Å². The Morgan fingerprint density at radius 1 is 1.26 bits per heavy atom. The number of nitro benzene ring substituents is 1. The Labute approximate surface area is 173 Å². The second-order valence-corrected chi connectivity index (χ2v) is 6.32. The molecule has 0 saturated heterocycles. The molecule has 12 heteroatoms. The molecule has 31 heavy (non-hydrogen) atoms. The van der Waals surface area contributed by atoms with Gasteiger partial charge in [-0.3, -0.25) is 19.5 Å². The molecule has 0 aliphatic rings. The van der Waals surface area contributed by atoms with Gasteiger partial charge in [0.25, 0.3) is 5.69 Å². The lowest BCUT2D eigenvalue weighted by atomic mass is 10.2. The maximum Gasteiger partial charge on any atom is 0.419 e. The van der Waals surface area contributed by atoms with Crippen molar-refractivity contribution in [3.05, 3.63) is 57.1 Å². The first kappa shape index (κ1) is 21.7. The molecule has 0 aliphatic heterocycles. The van der Waals surface area contributed by atoms with Gasteiger partial charge in [0.05, 0.1) is 23.6 Å². The summed E-state index contributed by atoms with van der Waals surface area (Å²) in [6.45, 7) is -2.91. The Hall–Kier alpha value is -3.96. The number of fused-ring (bicyclic) bond motifs is 1. The Kier molecular flexibility index (Phi) is 6.48. The molecule has 0 atom stereocenters. The van der Waals surface area contributed by atoms with E-state index in [1.165, 1.54) is 42.0 Å². The zero-order chi connectivity index (χ0) is 22.5. The highest BCUT2D eigenvalue weighted by Gasteiger charge is 2.15. The summed E-state index contributed by atoms with van der Waals surface area (Å²) in [5, 5.41) is 13.4. The number of aromatic nitrogens is 1. The summed E-state index contributed by atoms with van der Waals surface area (Å²) in [7, 11) is 1.30. The number of carbonyl (C=O) groups excluding carboxylic acids is 1. The lowest BCUT2D eigenvalue weighted by Crippen LogP contribution is -2.17. The molecule has 2 aromatic carbocycles. The van der Waals surface area contributed by atoms with Crippen molar-refractivity contribution >= 4 is 28.4 Å². The topological polar surface area (TPSA) is 126 Å². The van der Waals surface area contributed by atoms with Gasteiger partial charge in [-0.05, 0) is 24.6 Å². The van der Waals surface area contributed by atoms with E-state index < -0.39 is 23.2 Å². The zero-order valence-electron chi connectivity index (χ0n) is 16.2. The number of benzene rings is 2. The van der Waals surface area contributed by atoms with E-state index in [0.29, 0.717) is 5.52 Å². The van der Waals surface area contributed by atoms with Gasteiger partial charge in [-0.15, -0.1) is 0 Å². The number of nitrogens with one attached hydrogen (secondary N) is 1. The fraction of sp³-hybridized carbons (Fsp3) is 0.263. The van der Waals surface area contributed by atoms with E-state index in [9.17, 15) is 28.5 Å². The summed E-state index contributed by atoms with van der Waals surface area (Å²) in [6.07, 6.45) is 0.275. The van der Waals surface area contributed by atoms with E-state index in [2.05, 4.69) is 10.1 Å². The predicted molar refractivity (Wildman–Crippen MR) is 105 cm³/mol. The zero-order valence-corrected chi connectivity index (χ0v) is 16.2. The largest absolute Gasteiger partial charge is 0.493 e. The number of amides is 1. The molecule has 1 N–H and O–H groups in total. The van der Waals surface area contributed by atoms with Crippen LogP contribution in [-0.2, 0) is 11.3 Å². The summed E-state index contributed by atoms with van der Waals surface area (Å²) in [6, 6.07) is 7.87. The standard InChI is InChI=1S/C19H17F2N3O7/c1-29-14-7-4-11(9-16(14)30-18(20)21)22-17(25)3-2-8-23-13-6-5-12(24(27)28)10-15(13)31-19(23)26/h4-7,9-10,18H,2-3,8H2,1H3,(H,22,25). The Morgan fingerprint density at radius 3 is 2.71 bits per heavy atom. The first-order chi connectivity index (χ1) is 14.8. The predicted octanol–water partition coefficient (Wildman–Crippen LogP) is 3.53. The number of methoxy groups -OCH3 is 1. The summed E-state index contributed by atoms with van der Waals surface area (Å²) in [5.74, 6) is -1.24. The van der Waals surface area contributed by atoms with Crippen molar-refractivity contribution in [3.63, 3.8) is 0 Å². The number of nitrogens with zero attached hydrogens (tertiary/aromatic N) is 2. The van der Waals surface area contributed by atoms with Crippen LogP contribution in [-0.4, -0.2) is 29.1 Å². The molecule has 0 radical (unpaired) electrons. The summed E-state index contributed by atoms with van der Waals surface area (Å²) < 4.78 is 40.6. The molecule has 1 amide bonds. The van der Waals surface area contributed by atoms with Crippen molar-refractivity contribution in [2.24, 2.45) is 0 Å². The van der Waals surface area contributed by atoms with Gasteiger partial charge in [-0.2, -0.15) is 8.78 Å². The molecule has 0 bridgehead atoms. The molecule has 3 aromatic rings. The third kappa shape index (κ3) is 5.15. The second kappa shape index (κ2) is 9.24. The van der Waals surface area contributed by atoms with Gasteiger partial charge in [-0.25, -0.2) is 4.79 Å². The molecule has 1 aromatic heterocycles. The van der Waals surface area contributed by atoms with Crippen LogP contribution in [0.5, 0.6) is 11.5 Å². The van der Waals surface area contributed by atoms with Crippen LogP contribution in [0.15, 0.2) is 45.6 Å². The number of oxazole rings is 1. The molecule has 164 valence electrons. The third-order valence-electron chi connectivity index (χ3n) is 4.31. The molecule has 0 fully saturated rings. The van der Waals surface area contributed by atoms with Crippen LogP contribution in [0.3, 0.4) is 0 Å². The highest BCUT2D eigenvalue weighted by Crippen LogP contribution is 2.31. The third-order valence-corrected chi connectivity index (χ3v) is 4.31. The smallest absolute Gasteiger partial charge is 0.419 e. The molecule has 0 aliphatic carbocycles. The van der Waals surface area contributed by atoms with Crippen LogP contribution in [0.2, 0.25) is 0 Å². The van der Waals surface area contributed by atoms with Crippen LogP contribution in [0.25, 0.3) is 11.1 Å². The highest BCUT2D eigenvalue weighted by atomic mass is 19.3. The number of aryl methyl sites for hydroxylation is 1. The molecule has 0 unspecified atom stereocenters. The van der Waals surface area contributed by atoms with Crippen molar-refractivity contribution in [2.75, 3.05) is 12.4 Å². The van der Waals surface area contributed by atoms with Crippen molar-refractivity contribution in [1.29, 1.82) is 0 Å². The van der Waals surface area contributed by atoms with E-state index in [-0.39, 0.29) is 47.8 Å². The lowest BCUT2D eigenvalue weighted by molar-refractivity contribution is -0.384. The minimum atomic E-state index is -3.05. The molecule has 0 saturated carbocycles. The number of hydrogen-bond acceptors (Lipinski definition) is 7. The first-order valence-corrected chi connectivity index (χ1v) is 8.99. The summed E-state index contributed by atoms with van der Waals surface area (Å²) in [4.78, 5) is 34.4. The van der Waals surface area contributed by atoms with Crippen LogP contribution in [0.4, 0.5) is 20.2 Å². The normalized spacial score (nSPS) is 11.0.